The maximum Gasteiger partial charge on any atom is 0.326 e. The first kappa shape index (κ1) is 12.2. The van der Waals surface area contributed by atoms with Crippen LogP contribution in [0.5, 0.6) is 0 Å². The molecule has 0 aliphatic carbocycles. The molecule has 1 fully saturated rings. The van der Waals surface area contributed by atoms with E-state index in [9.17, 15) is 14.7 Å². The molecule has 2 heterocycles. The summed E-state index contributed by atoms with van der Waals surface area (Å²) in [4.78, 5) is 23.8. The van der Waals surface area contributed by atoms with Crippen molar-refractivity contribution < 1.29 is 19.8 Å². The topological polar surface area (TPSA) is 144 Å². The number of aliphatic carboxylic acids is 1. The molecule has 1 aromatic heterocycles. The number of carboxylic acid groups (broad SMARTS) is 1. The molecule has 2 rings (SSSR count). The van der Waals surface area contributed by atoms with Gasteiger partial charge in [0.2, 0.25) is 0 Å². The summed E-state index contributed by atoms with van der Waals surface area (Å²) in [6, 6.07) is -1.59. The van der Waals surface area contributed by atoms with Crippen LogP contribution in [0.1, 0.15) is 12.2 Å². The normalized spacial score (nSPS) is 23.1. The number of rotatable bonds is 3. The summed E-state index contributed by atoms with van der Waals surface area (Å²) < 4.78 is 0. The van der Waals surface area contributed by atoms with Gasteiger partial charge < -0.3 is 20.4 Å². The maximum absolute atomic E-state index is 11.8. The molecule has 10 heteroatoms. The monoisotopic (exact) mass is 256 g/mol. The lowest BCUT2D eigenvalue weighted by Crippen LogP contribution is -2.46. The van der Waals surface area contributed by atoms with Crippen LogP contribution in [0.15, 0.2) is 0 Å². The smallest absolute Gasteiger partial charge is 0.326 e. The van der Waals surface area contributed by atoms with Crippen molar-refractivity contribution in [2.75, 3.05) is 6.54 Å². The van der Waals surface area contributed by atoms with Crippen molar-refractivity contribution in [1.29, 1.82) is 0 Å². The highest BCUT2D eigenvalue weighted by Crippen LogP contribution is 2.18. The Bertz CT molecular complexity index is 435. The zero-order valence-corrected chi connectivity index (χ0v) is 9.28. The van der Waals surface area contributed by atoms with Crippen molar-refractivity contribution in [3.63, 3.8) is 0 Å². The molecule has 98 valence electrons. The van der Waals surface area contributed by atoms with Crippen LogP contribution in [-0.2, 0) is 11.3 Å². The number of carbonyl (C=O) groups excluding carboxylic acids is 1. The third kappa shape index (κ3) is 2.53. The lowest BCUT2D eigenvalue weighted by molar-refractivity contribution is -0.141. The lowest BCUT2D eigenvalue weighted by atomic mass is 10.2. The number of nitrogens with one attached hydrogen (secondary N) is 2. The average Bonchev–Trinajstić information content (AvgIpc) is 2.94. The average molecular weight is 256 g/mol. The predicted octanol–water partition coefficient (Wildman–Crippen LogP) is -2.07. The molecule has 1 aliphatic rings. The van der Waals surface area contributed by atoms with Crippen LogP contribution in [0.3, 0.4) is 0 Å². The van der Waals surface area contributed by atoms with E-state index in [0.717, 1.165) is 4.90 Å². The summed E-state index contributed by atoms with van der Waals surface area (Å²) in [6.07, 6.45) is -0.785. The van der Waals surface area contributed by atoms with Gasteiger partial charge in [-0.1, -0.05) is 5.21 Å². The number of aliphatic hydroxyl groups excluding tert-OH is 1. The van der Waals surface area contributed by atoms with Crippen LogP contribution in [-0.4, -0.2) is 66.4 Å². The molecule has 1 aromatic rings. The van der Waals surface area contributed by atoms with Gasteiger partial charge in [-0.05, 0) is 0 Å². The van der Waals surface area contributed by atoms with Crippen LogP contribution in [0.4, 0.5) is 4.79 Å². The number of carboxylic acids is 1. The fraction of sp³-hybridized carbons (Fsp3) is 0.625. The minimum Gasteiger partial charge on any atom is -0.480 e. The first-order valence-electron chi connectivity index (χ1n) is 5.25. The molecule has 10 nitrogen and oxygen atoms in total. The Hall–Kier alpha value is -2.23. The zero-order chi connectivity index (χ0) is 13.1. The number of likely N-dealkylation sites (tertiary alicyclic amines) is 1. The third-order valence-corrected chi connectivity index (χ3v) is 2.61. The zero-order valence-electron chi connectivity index (χ0n) is 9.28. The molecule has 0 bridgehead atoms. The molecule has 1 aliphatic heterocycles. The van der Waals surface area contributed by atoms with Gasteiger partial charge in [0.15, 0.2) is 5.82 Å². The number of aromatic amines is 1. The first-order valence-corrected chi connectivity index (χ1v) is 5.25. The second-order valence-corrected chi connectivity index (χ2v) is 3.88. The summed E-state index contributed by atoms with van der Waals surface area (Å²) in [5.74, 6) is -0.851. The number of β-amino-alcohol motifs (C(OH)–C–C–N with tert-alkyl or cyclic N) is 1. The van der Waals surface area contributed by atoms with Crippen LogP contribution in [0, 0.1) is 0 Å². The summed E-state index contributed by atoms with van der Waals surface area (Å²) >= 11 is 0. The Labute approximate surface area is 101 Å². The van der Waals surface area contributed by atoms with E-state index in [1.807, 2.05) is 0 Å². The maximum atomic E-state index is 11.8. The van der Waals surface area contributed by atoms with E-state index in [2.05, 4.69) is 25.9 Å². The molecule has 0 radical (unpaired) electrons. The number of urea groups is 1. The van der Waals surface area contributed by atoms with Crippen LogP contribution in [0.2, 0.25) is 0 Å². The molecular weight excluding hydrogens is 244 g/mol. The number of aromatic nitrogens is 4. The van der Waals surface area contributed by atoms with Gasteiger partial charge in [-0.3, -0.25) is 0 Å². The highest BCUT2D eigenvalue weighted by Gasteiger charge is 2.38. The lowest BCUT2D eigenvalue weighted by Gasteiger charge is -2.20. The molecule has 18 heavy (non-hydrogen) atoms. The summed E-state index contributed by atoms with van der Waals surface area (Å²) in [5, 5.41) is 33.6. The molecule has 2 amide bonds. The molecule has 0 spiro atoms. The number of H-pyrrole nitrogens is 1. The SMILES string of the molecule is O=C(O)[C@@H]1CC(O)CN1C(=O)NCc1nn[nH]n1. The minimum absolute atomic E-state index is 0.00492. The number of hydrogen-bond donors (Lipinski definition) is 4. The van der Waals surface area contributed by atoms with Gasteiger partial charge >= 0.3 is 12.0 Å². The molecule has 0 saturated carbocycles. The van der Waals surface area contributed by atoms with Gasteiger partial charge in [-0.15, -0.1) is 10.2 Å². The number of nitrogens with zero attached hydrogens (tertiary/aromatic N) is 4. The molecule has 2 atom stereocenters. The van der Waals surface area contributed by atoms with Crippen LogP contribution < -0.4 is 5.32 Å². The summed E-state index contributed by atoms with van der Waals surface area (Å²) in [5.41, 5.74) is 0. The van der Waals surface area contributed by atoms with Crippen molar-refractivity contribution in [2.24, 2.45) is 0 Å². The Morgan fingerprint density at radius 3 is 2.94 bits per heavy atom. The van der Waals surface area contributed by atoms with Crippen molar-refractivity contribution >= 4 is 12.0 Å². The van der Waals surface area contributed by atoms with Gasteiger partial charge in [0.1, 0.15) is 6.04 Å². The van der Waals surface area contributed by atoms with Crippen LogP contribution in [0.25, 0.3) is 0 Å². The van der Waals surface area contributed by atoms with Gasteiger partial charge in [0, 0.05) is 13.0 Å². The van der Waals surface area contributed by atoms with E-state index in [0.29, 0.717) is 0 Å². The van der Waals surface area contributed by atoms with Crippen molar-refractivity contribution in [3.05, 3.63) is 5.82 Å². The van der Waals surface area contributed by atoms with Gasteiger partial charge in [0.25, 0.3) is 0 Å². The number of hydrogen-bond acceptors (Lipinski definition) is 6. The number of tetrazole rings is 1. The second kappa shape index (κ2) is 4.96. The standard InChI is InChI=1S/C8H12N6O4/c15-4-1-5(7(16)17)14(3-4)8(18)9-2-6-10-12-13-11-6/h4-5,15H,1-3H2,(H,9,18)(H,16,17)(H,10,11,12,13)/t4?,5-/m0/s1. The van der Waals surface area contributed by atoms with Gasteiger partial charge in [0.05, 0.1) is 12.6 Å². The fourth-order valence-corrected chi connectivity index (χ4v) is 1.79. The van der Waals surface area contributed by atoms with Crippen molar-refractivity contribution in [2.45, 2.75) is 25.1 Å². The Morgan fingerprint density at radius 1 is 1.56 bits per heavy atom. The third-order valence-electron chi connectivity index (χ3n) is 2.61. The van der Waals surface area contributed by atoms with E-state index >= 15 is 0 Å². The predicted molar refractivity (Wildman–Crippen MR) is 55.2 cm³/mol. The number of aliphatic hydroxyl groups is 1. The molecular formula is C8H12N6O4. The summed E-state index contributed by atoms with van der Waals surface area (Å²) in [7, 11) is 0. The minimum atomic E-state index is -1.14. The Kier molecular flexibility index (Phi) is 3.37. The molecule has 1 unspecified atom stereocenters. The Morgan fingerprint density at radius 2 is 2.33 bits per heavy atom. The fourth-order valence-electron chi connectivity index (χ4n) is 1.79. The van der Waals surface area contributed by atoms with Crippen LogP contribution >= 0.6 is 0 Å². The molecule has 0 aromatic carbocycles. The van der Waals surface area contributed by atoms with Crippen molar-refractivity contribution in [1.82, 2.24) is 30.8 Å². The second-order valence-electron chi connectivity index (χ2n) is 3.88. The van der Waals surface area contributed by atoms with Gasteiger partial charge in [-0.25, -0.2) is 9.59 Å². The number of amides is 2. The number of carbonyl (C=O) groups is 2. The van der Waals surface area contributed by atoms with E-state index in [1.54, 1.807) is 0 Å². The first-order chi connectivity index (χ1) is 8.58. The molecule has 4 N–H and O–H groups in total. The highest BCUT2D eigenvalue weighted by atomic mass is 16.4. The summed E-state index contributed by atoms with van der Waals surface area (Å²) in [6.45, 7) is 0.0311. The quantitative estimate of drug-likeness (QED) is 0.486. The highest BCUT2D eigenvalue weighted by molar-refractivity contribution is 5.83. The van der Waals surface area contributed by atoms with E-state index in [-0.39, 0.29) is 25.3 Å². The van der Waals surface area contributed by atoms with Crippen molar-refractivity contribution in [3.8, 4) is 0 Å². The largest absolute Gasteiger partial charge is 0.480 e. The Balaban J connectivity index is 1.93. The van der Waals surface area contributed by atoms with Gasteiger partial charge in [-0.2, -0.15) is 5.21 Å². The van der Waals surface area contributed by atoms with E-state index in [4.69, 9.17) is 5.11 Å². The van der Waals surface area contributed by atoms with E-state index in [1.165, 1.54) is 0 Å². The molecule has 1 saturated heterocycles. The van der Waals surface area contributed by atoms with E-state index < -0.39 is 24.1 Å².